The number of rotatable bonds is 6. The second-order valence-electron chi connectivity index (χ2n) is 8.89. The van der Waals surface area contributed by atoms with Gasteiger partial charge in [0, 0.05) is 18.3 Å². The molecule has 3 atom stereocenters. The van der Waals surface area contributed by atoms with E-state index in [-0.39, 0.29) is 48.1 Å². The van der Waals surface area contributed by atoms with E-state index >= 15 is 0 Å². The standard InChI is InChI=1S/C26H29N3O4/c1-17(19-11-8-12-20(15-19)27-24(31)18-9-4-3-5-10-18)28(2)23(30)16-29-25(32)21-13-6-7-14-22(21)26(29)33/h3-5,8-12,15,17,21-22H,6-7,13-14,16H2,1-2H3,(H,27,31)/t17-,21-,22+/m0/s1. The number of benzene rings is 2. The third-order valence-electron chi connectivity index (χ3n) is 6.86. The summed E-state index contributed by atoms with van der Waals surface area (Å²) in [6, 6.07) is 16.0. The quantitative estimate of drug-likeness (QED) is 0.685. The predicted molar refractivity (Wildman–Crippen MR) is 124 cm³/mol. The molecule has 0 radical (unpaired) electrons. The van der Waals surface area contributed by atoms with Crippen LogP contribution in [0.4, 0.5) is 5.69 Å². The minimum absolute atomic E-state index is 0.204. The van der Waals surface area contributed by atoms with Crippen LogP contribution >= 0.6 is 0 Å². The van der Waals surface area contributed by atoms with Gasteiger partial charge in [0.25, 0.3) is 5.91 Å². The number of likely N-dealkylation sites (N-methyl/N-ethyl adjacent to an activating group) is 1. The highest BCUT2D eigenvalue weighted by Gasteiger charge is 2.48. The summed E-state index contributed by atoms with van der Waals surface area (Å²) in [6.07, 6.45) is 3.37. The zero-order valence-corrected chi connectivity index (χ0v) is 19.0. The Morgan fingerprint density at radius 1 is 1.00 bits per heavy atom. The van der Waals surface area contributed by atoms with Gasteiger partial charge in [-0.15, -0.1) is 0 Å². The summed E-state index contributed by atoms with van der Waals surface area (Å²) in [7, 11) is 1.67. The maximum absolute atomic E-state index is 13.0. The van der Waals surface area contributed by atoms with Crippen LogP contribution in [-0.2, 0) is 14.4 Å². The molecule has 1 N–H and O–H groups in total. The van der Waals surface area contributed by atoms with Crippen LogP contribution in [-0.4, -0.2) is 47.0 Å². The van der Waals surface area contributed by atoms with E-state index in [0.29, 0.717) is 11.3 Å². The molecule has 0 aromatic heterocycles. The number of anilines is 1. The molecular weight excluding hydrogens is 418 g/mol. The highest BCUT2D eigenvalue weighted by Crippen LogP contribution is 2.38. The molecule has 2 aromatic carbocycles. The van der Waals surface area contributed by atoms with Crippen molar-refractivity contribution in [1.29, 1.82) is 0 Å². The molecule has 4 amide bonds. The molecule has 2 fully saturated rings. The van der Waals surface area contributed by atoms with Crippen LogP contribution in [0, 0.1) is 11.8 Å². The lowest BCUT2D eigenvalue weighted by atomic mass is 9.81. The Morgan fingerprint density at radius 2 is 1.64 bits per heavy atom. The Balaban J connectivity index is 1.41. The fraction of sp³-hybridized carbons (Fsp3) is 0.385. The summed E-state index contributed by atoms with van der Waals surface area (Å²) in [6.45, 7) is 1.65. The van der Waals surface area contributed by atoms with E-state index in [1.54, 1.807) is 42.3 Å². The summed E-state index contributed by atoms with van der Waals surface area (Å²) < 4.78 is 0. The van der Waals surface area contributed by atoms with Crippen molar-refractivity contribution >= 4 is 29.3 Å². The van der Waals surface area contributed by atoms with E-state index in [1.165, 1.54) is 0 Å². The van der Waals surface area contributed by atoms with Crippen LogP contribution in [0.1, 0.15) is 54.6 Å². The molecular formula is C26H29N3O4. The van der Waals surface area contributed by atoms with E-state index in [2.05, 4.69) is 5.32 Å². The summed E-state index contributed by atoms with van der Waals surface area (Å²) in [5, 5.41) is 2.88. The molecule has 0 unspecified atom stereocenters. The molecule has 1 aliphatic heterocycles. The van der Waals surface area contributed by atoms with Crippen molar-refractivity contribution in [3.63, 3.8) is 0 Å². The number of fused-ring (bicyclic) bond motifs is 1. The van der Waals surface area contributed by atoms with Crippen LogP contribution < -0.4 is 5.32 Å². The van der Waals surface area contributed by atoms with Crippen LogP contribution in [0.15, 0.2) is 54.6 Å². The zero-order chi connectivity index (χ0) is 23.5. The Labute approximate surface area is 193 Å². The Bertz CT molecular complexity index is 1040. The van der Waals surface area contributed by atoms with Crippen LogP contribution in [0.2, 0.25) is 0 Å². The van der Waals surface area contributed by atoms with Gasteiger partial charge in [-0.1, -0.05) is 43.2 Å². The number of hydrogen-bond donors (Lipinski definition) is 1. The Hall–Kier alpha value is -3.48. The number of imide groups is 1. The van der Waals surface area contributed by atoms with Crippen molar-refractivity contribution in [3.8, 4) is 0 Å². The highest BCUT2D eigenvalue weighted by atomic mass is 16.2. The number of carbonyl (C=O) groups excluding carboxylic acids is 4. The first kappa shape index (κ1) is 22.7. The smallest absolute Gasteiger partial charge is 0.255 e. The van der Waals surface area contributed by atoms with Gasteiger partial charge in [0.05, 0.1) is 17.9 Å². The molecule has 1 saturated carbocycles. The van der Waals surface area contributed by atoms with Gasteiger partial charge in [0.2, 0.25) is 17.7 Å². The third-order valence-corrected chi connectivity index (χ3v) is 6.86. The van der Waals surface area contributed by atoms with Crippen molar-refractivity contribution in [1.82, 2.24) is 9.80 Å². The topological polar surface area (TPSA) is 86.8 Å². The molecule has 2 aliphatic rings. The number of carbonyl (C=O) groups is 4. The largest absolute Gasteiger partial charge is 0.337 e. The van der Waals surface area contributed by atoms with Gasteiger partial charge in [-0.25, -0.2) is 0 Å². The maximum atomic E-state index is 13.0. The minimum atomic E-state index is -0.304. The molecule has 7 nitrogen and oxygen atoms in total. The number of hydrogen-bond acceptors (Lipinski definition) is 4. The lowest BCUT2D eigenvalue weighted by Crippen LogP contribution is -2.42. The first-order valence-electron chi connectivity index (χ1n) is 11.4. The van der Waals surface area contributed by atoms with Crippen LogP contribution in [0.5, 0.6) is 0 Å². The second-order valence-corrected chi connectivity index (χ2v) is 8.89. The van der Waals surface area contributed by atoms with Gasteiger partial charge < -0.3 is 10.2 Å². The first-order chi connectivity index (χ1) is 15.9. The average molecular weight is 448 g/mol. The maximum Gasteiger partial charge on any atom is 0.255 e. The third kappa shape index (κ3) is 4.67. The van der Waals surface area contributed by atoms with Crippen molar-refractivity contribution in [2.45, 2.75) is 38.6 Å². The molecule has 1 heterocycles. The number of nitrogens with one attached hydrogen (secondary N) is 1. The molecule has 172 valence electrons. The molecule has 0 spiro atoms. The summed E-state index contributed by atoms with van der Waals surface area (Å²) >= 11 is 0. The number of likely N-dealkylation sites (tertiary alicyclic amines) is 1. The SMILES string of the molecule is C[C@@H](c1cccc(NC(=O)c2ccccc2)c1)N(C)C(=O)CN1C(=O)[C@H]2CCCC[C@H]2C1=O. The van der Waals surface area contributed by atoms with Gasteiger partial charge in [0.1, 0.15) is 6.54 Å². The molecule has 7 heteroatoms. The fourth-order valence-electron chi connectivity index (χ4n) is 4.74. The lowest BCUT2D eigenvalue weighted by Gasteiger charge is -2.27. The van der Waals surface area contributed by atoms with Crippen molar-refractivity contribution in [3.05, 3.63) is 65.7 Å². The highest BCUT2D eigenvalue weighted by molar-refractivity contribution is 6.07. The summed E-state index contributed by atoms with van der Waals surface area (Å²) in [4.78, 5) is 53.5. The molecule has 1 saturated heterocycles. The van der Waals surface area contributed by atoms with Crippen molar-refractivity contribution < 1.29 is 19.2 Å². The van der Waals surface area contributed by atoms with Gasteiger partial charge in [-0.2, -0.15) is 0 Å². The van der Waals surface area contributed by atoms with E-state index in [0.717, 1.165) is 36.1 Å². The zero-order valence-electron chi connectivity index (χ0n) is 19.0. The van der Waals surface area contributed by atoms with Crippen molar-refractivity contribution in [2.24, 2.45) is 11.8 Å². The Kier molecular flexibility index (Phi) is 6.58. The lowest BCUT2D eigenvalue weighted by molar-refractivity contribution is -0.146. The van der Waals surface area contributed by atoms with Gasteiger partial charge in [-0.05, 0) is 49.6 Å². The normalized spacial score (nSPS) is 20.8. The first-order valence-corrected chi connectivity index (χ1v) is 11.4. The Morgan fingerprint density at radius 3 is 2.27 bits per heavy atom. The monoisotopic (exact) mass is 447 g/mol. The van der Waals surface area contributed by atoms with Crippen molar-refractivity contribution in [2.75, 3.05) is 18.9 Å². The molecule has 1 aliphatic carbocycles. The van der Waals surface area contributed by atoms with Gasteiger partial charge in [-0.3, -0.25) is 24.1 Å². The molecule has 33 heavy (non-hydrogen) atoms. The molecule has 0 bridgehead atoms. The van der Waals surface area contributed by atoms with Gasteiger partial charge in [0.15, 0.2) is 0 Å². The van der Waals surface area contributed by atoms with E-state index < -0.39 is 0 Å². The molecule has 4 rings (SSSR count). The van der Waals surface area contributed by atoms with E-state index in [9.17, 15) is 19.2 Å². The van der Waals surface area contributed by atoms with E-state index in [1.807, 2.05) is 31.2 Å². The number of nitrogens with zero attached hydrogens (tertiary/aromatic N) is 2. The minimum Gasteiger partial charge on any atom is -0.337 e. The van der Waals surface area contributed by atoms with E-state index in [4.69, 9.17) is 0 Å². The summed E-state index contributed by atoms with van der Waals surface area (Å²) in [5.41, 5.74) is 2.02. The second kappa shape index (κ2) is 9.57. The summed E-state index contributed by atoms with van der Waals surface area (Å²) in [5.74, 6) is -1.42. The molecule has 2 aromatic rings. The van der Waals surface area contributed by atoms with Crippen LogP contribution in [0.25, 0.3) is 0 Å². The average Bonchev–Trinajstić information content (AvgIpc) is 3.08. The number of amides is 4. The fourth-order valence-corrected chi connectivity index (χ4v) is 4.74. The van der Waals surface area contributed by atoms with Crippen LogP contribution in [0.3, 0.4) is 0 Å². The van der Waals surface area contributed by atoms with Gasteiger partial charge >= 0.3 is 0 Å². The predicted octanol–water partition coefficient (Wildman–Crippen LogP) is 3.63.